The second-order valence-corrected chi connectivity index (χ2v) is 10.3. The number of carbonyl (C=O) groups is 1. The Morgan fingerprint density at radius 3 is 2.55 bits per heavy atom. The molecule has 1 atom stereocenters. The molecule has 5 nitrogen and oxygen atoms in total. The molecule has 5 rings (SSSR count). The van der Waals surface area contributed by atoms with Crippen LogP contribution in [0.2, 0.25) is 5.02 Å². The molecule has 33 heavy (non-hydrogen) atoms. The summed E-state index contributed by atoms with van der Waals surface area (Å²) in [6.07, 6.45) is 2.98. The Kier molecular flexibility index (Phi) is 5.43. The Labute approximate surface area is 197 Å². The van der Waals surface area contributed by atoms with Gasteiger partial charge < -0.3 is 0 Å². The van der Waals surface area contributed by atoms with Gasteiger partial charge in [-0.2, -0.15) is 0 Å². The predicted molar refractivity (Wildman–Crippen MR) is 129 cm³/mol. The van der Waals surface area contributed by atoms with Crippen molar-refractivity contribution in [3.8, 4) is 0 Å². The molecule has 4 aromatic rings. The van der Waals surface area contributed by atoms with Crippen LogP contribution in [0.4, 0.5) is 0 Å². The van der Waals surface area contributed by atoms with Gasteiger partial charge in [0.25, 0.3) is 10.0 Å². The summed E-state index contributed by atoms with van der Waals surface area (Å²) in [5, 5.41) is 1.93. The third-order valence-corrected chi connectivity index (χ3v) is 8.09. The number of hydrogen-bond donors (Lipinski definition) is 1. The van der Waals surface area contributed by atoms with E-state index in [1.807, 2.05) is 36.4 Å². The van der Waals surface area contributed by atoms with Crippen molar-refractivity contribution in [1.82, 2.24) is 9.71 Å². The summed E-state index contributed by atoms with van der Waals surface area (Å²) in [6.45, 7) is 0. The fraction of sp³-hybridized carbons (Fsp3) is 0.154. The lowest BCUT2D eigenvalue weighted by Gasteiger charge is -2.29. The fourth-order valence-corrected chi connectivity index (χ4v) is 6.30. The minimum absolute atomic E-state index is 0.0752. The van der Waals surface area contributed by atoms with Crippen LogP contribution in [0.1, 0.15) is 23.2 Å². The average Bonchev–Trinajstić information content (AvgIpc) is 3.20. The normalized spacial score (nSPS) is 17.6. The molecule has 0 saturated carbocycles. The molecule has 166 valence electrons. The van der Waals surface area contributed by atoms with E-state index < -0.39 is 21.3 Å². The first-order valence-electron chi connectivity index (χ1n) is 10.6. The number of halogens is 1. The van der Waals surface area contributed by atoms with Crippen molar-refractivity contribution in [2.45, 2.75) is 29.6 Å². The molecular formula is C26H21ClN2O3S. The number of aromatic nitrogens is 1. The third kappa shape index (κ3) is 3.79. The Morgan fingerprint density at radius 1 is 0.970 bits per heavy atom. The van der Waals surface area contributed by atoms with Crippen molar-refractivity contribution < 1.29 is 13.2 Å². The lowest BCUT2D eigenvalue weighted by atomic mass is 9.77. The first-order valence-corrected chi connectivity index (χ1v) is 12.5. The molecule has 1 N–H and O–H groups in total. The number of pyridine rings is 1. The summed E-state index contributed by atoms with van der Waals surface area (Å²) in [4.78, 5) is 18.3. The quantitative estimate of drug-likeness (QED) is 0.448. The molecule has 1 unspecified atom stereocenters. The second-order valence-electron chi connectivity index (χ2n) is 8.26. The van der Waals surface area contributed by atoms with Crippen molar-refractivity contribution in [2.24, 2.45) is 0 Å². The number of sulfonamides is 1. The van der Waals surface area contributed by atoms with Gasteiger partial charge in [0.1, 0.15) is 0 Å². The van der Waals surface area contributed by atoms with Crippen molar-refractivity contribution >= 4 is 38.3 Å². The molecular weight excluding hydrogens is 456 g/mol. The van der Waals surface area contributed by atoms with Gasteiger partial charge in [-0.3, -0.25) is 9.78 Å². The monoisotopic (exact) mass is 476 g/mol. The van der Waals surface area contributed by atoms with Crippen LogP contribution in [0, 0.1) is 0 Å². The van der Waals surface area contributed by atoms with Gasteiger partial charge in [0.05, 0.1) is 10.3 Å². The van der Waals surface area contributed by atoms with Crippen LogP contribution in [0.15, 0.2) is 90.0 Å². The topological polar surface area (TPSA) is 76.1 Å². The maximum absolute atomic E-state index is 13.8. The standard InChI is InChI=1S/C26H21ClN2O3S/c27-23-12-6-11-22-21(23)14-15-26(22,17-19-9-3-4-16-28-19)25(30)29-33(31,32)24-13-5-8-18-7-1-2-10-20(18)24/h1-13,16H,14-15,17H2,(H,29,30). The maximum atomic E-state index is 13.8. The van der Waals surface area contributed by atoms with Gasteiger partial charge in [0, 0.05) is 28.7 Å². The number of nitrogens with one attached hydrogen (secondary N) is 1. The molecule has 1 amide bonds. The summed E-state index contributed by atoms with van der Waals surface area (Å²) in [7, 11) is -4.12. The summed E-state index contributed by atoms with van der Waals surface area (Å²) in [5.74, 6) is -0.567. The van der Waals surface area contributed by atoms with Crippen LogP contribution in [-0.2, 0) is 33.1 Å². The smallest absolute Gasteiger partial charge is 0.264 e. The maximum Gasteiger partial charge on any atom is 0.264 e. The Balaban J connectivity index is 1.58. The highest BCUT2D eigenvalue weighted by atomic mass is 35.5. The van der Waals surface area contributed by atoms with Gasteiger partial charge in [-0.25, -0.2) is 13.1 Å². The van der Waals surface area contributed by atoms with E-state index in [2.05, 4.69) is 9.71 Å². The average molecular weight is 477 g/mol. The molecule has 1 aliphatic carbocycles. The fourth-order valence-electron chi connectivity index (χ4n) is 4.75. The van der Waals surface area contributed by atoms with Crippen molar-refractivity contribution in [1.29, 1.82) is 0 Å². The first-order chi connectivity index (χ1) is 15.9. The summed E-state index contributed by atoms with van der Waals surface area (Å²) >= 11 is 6.43. The van der Waals surface area contributed by atoms with Crippen LogP contribution in [0.3, 0.4) is 0 Å². The van der Waals surface area contributed by atoms with Crippen molar-refractivity contribution in [3.05, 3.63) is 107 Å². The van der Waals surface area contributed by atoms with Crippen LogP contribution >= 0.6 is 11.6 Å². The Bertz CT molecular complexity index is 1470. The molecule has 1 heterocycles. The highest BCUT2D eigenvalue weighted by Crippen LogP contribution is 2.44. The molecule has 1 aliphatic rings. The Hall–Kier alpha value is -3.22. The van der Waals surface area contributed by atoms with Gasteiger partial charge in [0.15, 0.2) is 0 Å². The number of carbonyl (C=O) groups excluding carboxylic acids is 1. The molecule has 0 saturated heterocycles. The molecule has 0 bridgehead atoms. The van der Waals surface area contributed by atoms with E-state index in [4.69, 9.17) is 11.6 Å². The molecule has 0 aliphatic heterocycles. The molecule has 0 spiro atoms. The molecule has 0 fully saturated rings. The van der Waals surface area contributed by atoms with E-state index in [0.717, 1.165) is 16.5 Å². The van der Waals surface area contributed by atoms with Gasteiger partial charge in [0.2, 0.25) is 5.91 Å². The van der Waals surface area contributed by atoms with E-state index in [9.17, 15) is 13.2 Å². The lowest BCUT2D eigenvalue weighted by molar-refractivity contribution is -0.125. The first kappa shape index (κ1) is 21.6. The van der Waals surface area contributed by atoms with E-state index in [1.165, 1.54) is 6.07 Å². The van der Waals surface area contributed by atoms with E-state index >= 15 is 0 Å². The van der Waals surface area contributed by atoms with E-state index in [1.54, 1.807) is 42.6 Å². The van der Waals surface area contributed by atoms with Crippen LogP contribution in [-0.4, -0.2) is 19.3 Å². The number of hydrogen-bond acceptors (Lipinski definition) is 4. The zero-order chi connectivity index (χ0) is 23.1. The van der Waals surface area contributed by atoms with Crippen molar-refractivity contribution in [2.75, 3.05) is 0 Å². The number of nitrogens with zero attached hydrogens (tertiary/aromatic N) is 1. The second kappa shape index (κ2) is 8.28. The molecule has 0 radical (unpaired) electrons. The van der Waals surface area contributed by atoms with Gasteiger partial charge in [-0.05, 0) is 53.6 Å². The van der Waals surface area contributed by atoms with Crippen LogP contribution < -0.4 is 4.72 Å². The molecule has 7 heteroatoms. The number of rotatable bonds is 5. The molecule has 3 aromatic carbocycles. The summed E-state index contributed by atoms with van der Waals surface area (Å²) in [5.41, 5.74) is 1.26. The lowest BCUT2D eigenvalue weighted by Crippen LogP contribution is -2.47. The SMILES string of the molecule is O=C(NS(=O)(=O)c1cccc2ccccc12)C1(Cc2ccccn2)CCc2c(Cl)cccc21. The third-order valence-electron chi connectivity index (χ3n) is 6.35. The summed E-state index contributed by atoms with van der Waals surface area (Å²) < 4.78 is 29.2. The zero-order valence-electron chi connectivity index (χ0n) is 17.7. The zero-order valence-corrected chi connectivity index (χ0v) is 19.2. The van der Waals surface area contributed by atoms with E-state index in [0.29, 0.717) is 28.9 Å². The minimum atomic E-state index is -4.12. The van der Waals surface area contributed by atoms with Crippen molar-refractivity contribution in [3.63, 3.8) is 0 Å². The predicted octanol–water partition coefficient (Wildman–Crippen LogP) is 4.82. The van der Waals surface area contributed by atoms with E-state index in [-0.39, 0.29) is 11.3 Å². The highest BCUT2D eigenvalue weighted by molar-refractivity contribution is 7.90. The summed E-state index contributed by atoms with van der Waals surface area (Å²) in [6, 6.07) is 23.2. The number of benzene rings is 3. The Morgan fingerprint density at radius 2 is 1.73 bits per heavy atom. The number of amides is 1. The van der Waals surface area contributed by atoms with Crippen LogP contribution in [0.25, 0.3) is 10.8 Å². The highest BCUT2D eigenvalue weighted by Gasteiger charge is 2.47. The minimum Gasteiger partial charge on any atom is -0.273 e. The molecule has 1 aromatic heterocycles. The van der Waals surface area contributed by atoms with Crippen LogP contribution in [0.5, 0.6) is 0 Å². The largest absolute Gasteiger partial charge is 0.273 e. The van der Waals surface area contributed by atoms with Gasteiger partial charge in [-0.15, -0.1) is 0 Å². The number of fused-ring (bicyclic) bond motifs is 2. The van der Waals surface area contributed by atoms with Gasteiger partial charge in [-0.1, -0.05) is 66.2 Å². The van der Waals surface area contributed by atoms with Gasteiger partial charge >= 0.3 is 0 Å².